The van der Waals surface area contributed by atoms with E-state index in [0.29, 0.717) is 19.5 Å². The molecule has 0 radical (unpaired) electrons. The van der Waals surface area contributed by atoms with Gasteiger partial charge in [-0.25, -0.2) is 4.79 Å². The summed E-state index contributed by atoms with van der Waals surface area (Å²) in [5.74, 6) is 0.125. The lowest BCUT2D eigenvalue weighted by molar-refractivity contribution is 0.237. The number of amides is 2. The maximum absolute atomic E-state index is 11.9. The zero-order valence-electron chi connectivity index (χ0n) is 12.7. The van der Waals surface area contributed by atoms with Gasteiger partial charge in [0.05, 0.1) is 6.54 Å². The second-order valence-electron chi connectivity index (χ2n) is 5.21. The van der Waals surface area contributed by atoms with Gasteiger partial charge >= 0.3 is 6.03 Å². The second kappa shape index (κ2) is 8.56. The van der Waals surface area contributed by atoms with Gasteiger partial charge in [0.1, 0.15) is 0 Å². The predicted octanol–water partition coefficient (Wildman–Crippen LogP) is 3.02. The van der Waals surface area contributed by atoms with Gasteiger partial charge in [-0.15, -0.1) is 11.3 Å². The topological polar surface area (TPSA) is 61.4 Å². The number of aliphatic hydroxyl groups is 1. The molecule has 2 amide bonds. The first kappa shape index (κ1) is 16.5. The Labute approximate surface area is 135 Å². The Morgan fingerprint density at radius 2 is 2.00 bits per heavy atom. The second-order valence-corrected chi connectivity index (χ2v) is 6.21. The van der Waals surface area contributed by atoms with Gasteiger partial charge in [0.2, 0.25) is 0 Å². The van der Waals surface area contributed by atoms with Crippen molar-refractivity contribution in [1.82, 2.24) is 10.6 Å². The van der Waals surface area contributed by atoms with Crippen molar-refractivity contribution in [2.24, 2.45) is 0 Å². The summed E-state index contributed by atoms with van der Waals surface area (Å²) < 4.78 is 0. The molecule has 118 valence electrons. The van der Waals surface area contributed by atoms with E-state index in [9.17, 15) is 9.90 Å². The number of rotatable bonds is 7. The van der Waals surface area contributed by atoms with Crippen LogP contribution in [-0.4, -0.2) is 24.3 Å². The molecule has 0 fully saturated rings. The fourth-order valence-corrected chi connectivity index (χ4v) is 3.14. The fraction of sp³-hybridized carbons (Fsp3) is 0.353. The van der Waals surface area contributed by atoms with Crippen molar-refractivity contribution in [2.75, 3.05) is 13.2 Å². The summed E-state index contributed by atoms with van der Waals surface area (Å²) in [6, 6.07) is 11.8. The molecule has 4 nitrogen and oxygen atoms in total. The molecular weight excluding hydrogens is 296 g/mol. The van der Waals surface area contributed by atoms with Crippen molar-refractivity contribution in [3.63, 3.8) is 0 Å². The molecule has 22 heavy (non-hydrogen) atoms. The number of carbonyl (C=O) groups excluding carboxylic acids is 1. The molecule has 0 saturated carbocycles. The lowest BCUT2D eigenvalue weighted by atomic mass is 9.96. The number of benzene rings is 1. The van der Waals surface area contributed by atoms with Gasteiger partial charge in [-0.05, 0) is 35.9 Å². The summed E-state index contributed by atoms with van der Waals surface area (Å²) in [5.41, 5.74) is 2.33. The lowest BCUT2D eigenvalue weighted by Gasteiger charge is -2.17. The van der Waals surface area contributed by atoms with Crippen LogP contribution in [0.2, 0.25) is 0 Å². The number of urea groups is 1. The number of thiophene rings is 1. The number of nitrogens with one attached hydrogen (secondary N) is 2. The van der Waals surface area contributed by atoms with Crippen LogP contribution in [0.3, 0.4) is 0 Å². The molecule has 3 N–H and O–H groups in total. The molecule has 0 saturated heterocycles. The minimum Gasteiger partial charge on any atom is -0.396 e. The molecule has 0 aliphatic carbocycles. The van der Waals surface area contributed by atoms with Crippen LogP contribution in [0.1, 0.15) is 28.3 Å². The lowest BCUT2D eigenvalue weighted by Crippen LogP contribution is -2.37. The van der Waals surface area contributed by atoms with Gasteiger partial charge < -0.3 is 15.7 Å². The molecule has 1 unspecified atom stereocenters. The summed E-state index contributed by atoms with van der Waals surface area (Å²) in [4.78, 5) is 13.1. The van der Waals surface area contributed by atoms with E-state index >= 15 is 0 Å². The predicted molar refractivity (Wildman–Crippen MR) is 90.2 cm³/mol. The van der Waals surface area contributed by atoms with Gasteiger partial charge in [0.15, 0.2) is 0 Å². The minimum absolute atomic E-state index is 0.108. The molecule has 0 aliphatic rings. The molecule has 0 bridgehead atoms. The Hall–Kier alpha value is -1.85. The summed E-state index contributed by atoms with van der Waals surface area (Å²) in [6.07, 6.45) is 0.633. The number of hydrogen-bond donors (Lipinski definition) is 3. The highest BCUT2D eigenvalue weighted by atomic mass is 32.1. The Balaban J connectivity index is 1.81. The molecule has 0 aliphatic heterocycles. The number of hydrogen-bond acceptors (Lipinski definition) is 3. The Morgan fingerprint density at radius 3 is 2.64 bits per heavy atom. The van der Waals surface area contributed by atoms with Crippen molar-refractivity contribution in [1.29, 1.82) is 0 Å². The van der Waals surface area contributed by atoms with Crippen molar-refractivity contribution in [2.45, 2.75) is 25.8 Å². The molecular formula is C17H22N2O2S. The van der Waals surface area contributed by atoms with Gasteiger partial charge in [-0.3, -0.25) is 0 Å². The highest BCUT2D eigenvalue weighted by molar-refractivity contribution is 7.10. The average Bonchev–Trinajstić information content (AvgIpc) is 2.95. The largest absolute Gasteiger partial charge is 0.396 e. The van der Waals surface area contributed by atoms with Crippen molar-refractivity contribution < 1.29 is 9.90 Å². The van der Waals surface area contributed by atoms with Crippen LogP contribution >= 0.6 is 11.3 Å². The first-order valence-corrected chi connectivity index (χ1v) is 8.29. The van der Waals surface area contributed by atoms with Crippen LogP contribution in [-0.2, 0) is 6.54 Å². The Bertz CT molecular complexity index is 583. The van der Waals surface area contributed by atoms with Gasteiger partial charge in [-0.1, -0.05) is 30.3 Å². The molecule has 1 aromatic heterocycles. The quantitative estimate of drug-likeness (QED) is 0.735. The van der Waals surface area contributed by atoms with Crippen molar-refractivity contribution >= 4 is 17.4 Å². The highest BCUT2D eigenvalue weighted by Gasteiger charge is 2.12. The Kier molecular flexibility index (Phi) is 6.43. The van der Waals surface area contributed by atoms with Crippen molar-refractivity contribution in [3.05, 3.63) is 57.8 Å². The third-order valence-electron chi connectivity index (χ3n) is 3.64. The van der Waals surface area contributed by atoms with E-state index in [0.717, 1.165) is 5.56 Å². The first-order valence-electron chi connectivity index (χ1n) is 7.41. The molecule has 2 aromatic rings. The number of aliphatic hydroxyl groups excluding tert-OH is 1. The smallest absolute Gasteiger partial charge is 0.315 e. The molecule has 0 spiro atoms. The maximum Gasteiger partial charge on any atom is 0.315 e. The summed E-state index contributed by atoms with van der Waals surface area (Å²) in [5, 5.41) is 17.0. The molecule has 1 aromatic carbocycles. The third kappa shape index (κ3) is 4.86. The van der Waals surface area contributed by atoms with Crippen LogP contribution in [0.4, 0.5) is 4.79 Å². The van der Waals surface area contributed by atoms with Crippen LogP contribution in [0.25, 0.3) is 0 Å². The zero-order valence-corrected chi connectivity index (χ0v) is 13.5. The van der Waals surface area contributed by atoms with E-state index in [-0.39, 0.29) is 18.6 Å². The van der Waals surface area contributed by atoms with Gasteiger partial charge in [0.25, 0.3) is 0 Å². The van der Waals surface area contributed by atoms with Crippen LogP contribution in [0.15, 0.2) is 41.8 Å². The zero-order chi connectivity index (χ0) is 15.8. The number of aryl methyl sites for hydroxylation is 1. The number of carbonyl (C=O) groups is 1. The summed E-state index contributed by atoms with van der Waals surface area (Å²) in [6.45, 7) is 3.21. The Morgan fingerprint density at radius 1 is 1.23 bits per heavy atom. The average molecular weight is 318 g/mol. The van der Waals surface area contributed by atoms with E-state index in [4.69, 9.17) is 0 Å². The van der Waals surface area contributed by atoms with Crippen LogP contribution in [0, 0.1) is 6.92 Å². The highest BCUT2D eigenvalue weighted by Crippen LogP contribution is 2.18. The van der Waals surface area contributed by atoms with E-state index < -0.39 is 0 Å². The minimum atomic E-state index is -0.174. The monoisotopic (exact) mass is 318 g/mol. The molecule has 1 atom stereocenters. The van der Waals surface area contributed by atoms with Gasteiger partial charge in [-0.2, -0.15) is 0 Å². The van der Waals surface area contributed by atoms with Crippen molar-refractivity contribution in [3.8, 4) is 0 Å². The fourth-order valence-electron chi connectivity index (χ4n) is 2.29. The summed E-state index contributed by atoms with van der Waals surface area (Å²) >= 11 is 1.65. The first-order chi connectivity index (χ1) is 10.7. The maximum atomic E-state index is 11.9. The normalized spacial score (nSPS) is 11.9. The third-order valence-corrected chi connectivity index (χ3v) is 4.66. The van der Waals surface area contributed by atoms with Crippen LogP contribution < -0.4 is 10.6 Å². The summed E-state index contributed by atoms with van der Waals surface area (Å²) in [7, 11) is 0. The van der Waals surface area contributed by atoms with E-state index in [2.05, 4.69) is 10.6 Å². The molecule has 5 heteroatoms. The SMILES string of the molecule is Cc1ccsc1CNC(=O)NCC(CCO)c1ccccc1. The standard InChI is InChI=1S/C17H22N2O2S/c1-13-8-10-22-16(13)12-19-17(21)18-11-15(7-9-20)14-5-3-2-4-6-14/h2-6,8,10,15,20H,7,9,11-12H2,1H3,(H2,18,19,21). The molecule has 2 rings (SSSR count). The van der Waals surface area contributed by atoms with Crippen LogP contribution in [0.5, 0.6) is 0 Å². The van der Waals surface area contributed by atoms with Gasteiger partial charge in [0, 0.05) is 23.9 Å². The van der Waals surface area contributed by atoms with E-state index in [1.807, 2.05) is 48.7 Å². The molecule has 1 heterocycles. The van der Waals surface area contributed by atoms with E-state index in [1.54, 1.807) is 11.3 Å². The van der Waals surface area contributed by atoms with E-state index in [1.165, 1.54) is 10.4 Å².